The van der Waals surface area contributed by atoms with Gasteiger partial charge in [-0.05, 0) is 50.5 Å². The van der Waals surface area contributed by atoms with Crippen LogP contribution in [0.5, 0.6) is 0 Å². The van der Waals surface area contributed by atoms with E-state index in [4.69, 9.17) is 0 Å². The lowest BCUT2D eigenvalue weighted by atomic mass is 9.99. The highest BCUT2D eigenvalue weighted by atomic mass is 16.4. The average molecular weight is 345 g/mol. The number of hydrogen-bond donors (Lipinski definition) is 1. The van der Waals surface area contributed by atoms with E-state index in [1.807, 2.05) is 12.1 Å². The molecule has 5 heteroatoms. The molecule has 3 rings (SSSR count). The number of carbonyl (C=O) groups is 1. The Morgan fingerprint density at radius 3 is 2.44 bits per heavy atom. The van der Waals surface area contributed by atoms with Gasteiger partial charge >= 0.3 is 5.97 Å². The molecule has 2 aliphatic heterocycles. The van der Waals surface area contributed by atoms with E-state index < -0.39 is 12.0 Å². The molecule has 1 aromatic rings. The van der Waals surface area contributed by atoms with E-state index in [0.29, 0.717) is 6.04 Å². The summed E-state index contributed by atoms with van der Waals surface area (Å²) in [5, 5.41) is 9.83. The van der Waals surface area contributed by atoms with Gasteiger partial charge in [0.1, 0.15) is 6.04 Å². The molecule has 1 N–H and O–H groups in total. The van der Waals surface area contributed by atoms with Gasteiger partial charge in [0, 0.05) is 32.2 Å². The Bertz CT molecular complexity index is 576. The SMILES string of the molecule is CCc1cccc(C(C(=O)O)N2CCN(C3CCN(C)CC3)CC2)c1. The Morgan fingerprint density at radius 2 is 1.84 bits per heavy atom. The first-order chi connectivity index (χ1) is 12.1. The number of piperidine rings is 1. The molecule has 0 radical (unpaired) electrons. The molecule has 2 aliphatic rings. The van der Waals surface area contributed by atoms with Crippen LogP contribution >= 0.6 is 0 Å². The van der Waals surface area contributed by atoms with Crippen molar-refractivity contribution in [3.63, 3.8) is 0 Å². The van der Waals surface area contributed by atoms with Crippen molar-refractivity contribution in [3.05, 3.63) is 35.4 Å². The summed E-state index contributed by atoms with van der Waals surface area (Å²) in [4.78, 5) is 19.1. The van der Waals surface area contributed by atoms with Gasteiger partial charge < -0.3 is 10.0 Å². The van der Waals surface area contributed by atoms with Crippen LogP contribution in [0.4, 0.5) is 0 Å². The minimum Gasteiger partial charge on any atom is -0.480 e. The van der Waals surface area contributed by atoms with Gasteiger partial charge in [-0.2, -0.15) is 0 Å². The van der Waals surface area contributed by atoms with Gasteiger partial charge in [0.05, 0.1) is 0 Å². The molecule has 0 saturated carbocycles. The summed E-state index contributed by atoms with van der Waals surface area (Å²) in [6.07, 6.45) is 3.40. The summed E-state index contributed by atoms with van der Waals surface area (Å²) in [7, 11) is 2.19. The smallest absolute Gasteiger partial charge is 0.325 e. The predicted octanol–water partition coefficient (Wildman–Crippen LogP) is 2.09. The number of carboxylic acids is 1. The molecule has 2 saturated heterocycles. The maximum absolute atomic E-state index is 12.0. The van der Waals surface area contributed by atoms with Crippen LogP contribution in [-0.4, -0.2) is 78.1 Å². The second-order valence-corrected chi connectivity index (χ2v) is 7.45. The van der Waals surface area contributed by atoms with Crippen LogP contribution in [0.3, 0.4) is 0 Å². The van der Waals surface area contributed by atoms with Gasteiger partial charge in [-0.1, -0.05) is 31.2 Å². The van der Waals surface area contributed by atoms with Crippen molar-refractivity contribution in [1.29, 1.82) is 0 Å². The van der Waals surface area contributed by atoms with Crippen molar-refractivity contribution in [2.75, 3.05) is 46.3 Å². The molecule has 138 valence electrons. The van der Waals surface area contributed by atoms with Gasteiger partial charge in [-0.15, -0.1) is 0 Å². The zero-order valence-electron chi connectivity index (χ0n) is 15.5. The highest BCUT2D eigenvalue weighted by Gasteiger charge is 2.32. The largest absolute Gasteiger partial charge is 0.480 e. The Kier molecular flexibility index (Phi) is 6.10. The molecule has 1 unspecified atom stereocenters. The summed E-state index contributed by atoms with van der Waals surface area (Å²) >= 11 is 0. The fraction of sp³-hybridized carbons (Fsp3) is 0.650. The third-order valence-corrected chi connectivity index (χ3v) is 5.83. The monoisotopic (exact) mass is 345 g/mol. The molecule has 2 heterocycles. The second kappa shape index (κ2) is 8.30. The number of nitrogens with zero attached hydrogens (tertiary/aromatic N) is 3. The average Bonchev–Trinajstić information content (AvgIpc) is 2.63. The Hall–Kier alpha value is -1.43. The molecule has 0 amide bonds. The minimum absolute atomic E-state index is 0.522. The number of piperazine rings is 1. The molecule has 2 fully saturated rings. The lowest BCUT2D eigenvalue weighted by Crippen LogP contribution is -2.54. The Morgan fingerprint density at radius 1 is 1.16 bits per heavy atom. The quantitative estimate of drug-likeness (QED) is 0.885. The van der Waals surface area contributed by atoms with Crippen molar-refractivity contribution in [2.45, 2.75) is 38.3 Å². The maximum atomic E-state index is 12.0. The molecule has 0 aliphatic carbocycles. The van der Waals surface area contributed by atoms with Gasteiger partial charge in [0.25, 0.3) is 0 Å². The van der Waals surface area contributed by atoms with Crippen LogP contribution in [0.25, 0.3) is 0 Å². The van der Waals surface area contributed by atoms with Crippen LogP contribution < -0.4 is 0 Å². The van der Waals surface area contributed by atoms with Crippen LogP contribution in [-0.2, 0) is 11.2 Å². The second-order valence-electron chi connectivity index (χ2n) is 7.45. The van der Waals surface area contributed by atoms with Crippen molar-refractivity contribution in [2.24, 2.45) is 0 Å². The van der Waals surface area contributed by atoms with E-state index in [0.717, 1.165) is 38.2 Å². The van der Waals surface area contributed by atoms with E-state index in [-0.39, 0.29) is 0 Å². The lowest BCUT2D eigenvalue weighted by molar-refractivity contribution is -0.144. The Balaban J connectivity index is 1.63. The lowest BCUT2D eigenvalue weighted by Gasteiger charge is -2.43. The molecular weight excluding hydrogens is 314 g/mol. The van der Waals surface area contributed by atoms with Crippen molar-refractivity contribution >= 4 is 5.97 Å². The van der Waals surface area contributed by atoms with E-state index in [1.54, 1.807) is 0 Å². The fourth-order valence-corrected chi connectivity index (χ4v) is 4.21. The Labute approximate surface area is 151 Å². The number of hydrogen-bond acceptors (Lipinski definition) is 4. The molecule has 5 nitrogen and oxygen atoms in total. The number of likely N-dealkylation sites (tertiary alicyclic amines) is 1. The summed E-state index contributed by atoms with van der Waals surface area (Å²) in [6.45, 7) is 8.07. The number of carboxylic acid groups (broad SMARTS) is 1. The van der Waals surface area contributed by atoms with Crippen LogP contribution in [0.2, 0.25) is 0 Å². The van der Waals surface area contributed by atoms with Crippen molar-refractivity contribution in [1.82, 2.24) is 14.7 Å². The van der Waals surface area contributed by atoms with E-state index in [1.165, 1.54) is 31.5 Å². The molecule has 0 aromatic heterocycles. The highest BCUT2D eigenvalue weighted by Crippen LogP contribution is 2.25. The van der Waals surface area contributed by atoms with E-state index >= 15 is 0 Å². The first-order valence-electron chi connectivity index (χ1n) is 9.56. The van der Waals surface area contributed by atoms with Gasteiger partial charge in [0.2, 0.25) is 0 Å². The normalized spacial score (nSPS) is 22.8. The first-order valence-corrected chi connectivity index (χ1v) is 9.56. The van der Waals surface area contributed by atoms with Crippen LogP contribution in [0, 0.1) is 0 Å². The highest BCUT2D eigenvalue weighted by molar-refractivity contribution is 5.75. The summed E-state index contributed by atoms with van der Waals surface area (Å²) in [5.74, 6) is -0.735. The maximum Gasteiger partial charge on any atom is 0.325 e. The van der Waals surface area contributed by atoms with Crippen LogP contribution in [0.15, 0.2) is 24.3 Å². The standard InChI is InChI=1S/C20H31N3O2/c1-3-16-5-4-6-17(15-16)19(20(24)25)23-13-11-22(12-14-23)18-7-9-21(2)10-8-18/h4-6,15,18-19H,3,7-14H2,1-2H3,(H,24,25). The zero-order valence-corrected chi connectivity index (χ0v) is 15.5. The molecule has 1 atom stereocenters. The molecular formula is C20H31N3O2. The molecule has 1 aromatic carbocycles. The van der Waals surface area contributed by atoms with Crippen molar-refractivity contribution in [3.8, 4) is 0 Å². The van der Waals surface area contributed by atoms with Crippen LogP contribution in [0.1, 0.15) is 36.9 Å². The van der Waals surface area contributed by atoms with Gasteiger partial charge in [-0.25, -0.2) is 0 Å². The van der Waals surface area contributed by atoms with Gasteiger partial charge in [0.15, 0.2) is 0 Å². The third kappa shape index (κ3) is 4.40. The number of rotatable bonds is 5. The topological polar surface area (TPSA) is 47.0 Å². The number of benzene rings is 1. The van der Waals surface area contributed by atoms with Gasteiger partial charge in [-0.3, -0.25) is 14.6 Å². The summed E-state index contributed by atoms with van der Waals surface area (Å²) < 4.78 is 0. The molecule has 25 heavy (non-hydrogen) atoms. The zero-order chi connectivity index (χ0) is 17.8. The number of aliphatic carboxylic acids is 1. The first kappa shape index (κ1) is 18.4. The minimum atomic E-state index is -0.735. The fourth-order valence-electron chi connectivity index (χ4n) is 4.21. The third-order valence-electron chi connectivity index (χ3n) is 5.83. The summed E-state index contributed by atoms with van der Waals surface area (Å²) in [6, 6.07) is 8.22. The molecule has 0 bridgehead atoms. The number of aryl methyl sites for hydroxylation is 1. The van der Waals surface area contributed by atoms with E-state index in [9.17, 15) is 9.90 Å². The predicted molar refractivity (Wildman–Crippen MR) is 99.9 cm³/mol. The molecule has 0 spiro atoms. The van der Waals surface area contributed by atoms with Crippen molar-refractivity contribution < 1.29 is 9.90 Å². The summed E-state index contributed by atoms with van der Waals surface area (Å²) in [5.41, 5.74) is 2.12. The van der Waals surface area contributed by atoms with E-state index in [2.05, 4.69) is 40.8 Å².